The maximum Gasteiger partial charge on any atom is 0.224 e. The van der Waals surface area contributed by atoms with E-state index in [0.717, 1.165) is 38.2 Å². The van der Waals surface area contributed by atoms with Crippen LogP contribution >= 0.6 is 24.2 Å². The van der Waals surface area contributed by atoms with Crippen LogP contribution in [0, 0.1) is 5.92 Å². The molecule has 19 heavy (non-hydrogen) atoms. The van der Waals surface area contributed by atoms with Crippen LogP contribution in [0.25, 0.3) is 0 Å². The molecule has 1 heterocycles. The van der Waals surface area contributed by atoms with Gasteiger partial charge in [0.25, 0.3) is 0 Å². The molecule has 2 N–H and O–H groups in total. The normalized spacial score (nSPS) is 18.4. The number of carbonyl (C=O) groups is 1. The summed E-state index contributed by atoms with van der Waals surface area (Å²) in [4.78, 5) is 13.1. The number of thioether (sulfide) groups is 1. The topological polar surface area (TPSA) is 41.1 Å². The van der Waals surface area contributed by atoms with Gasteiger partial charge in [-0.1, -0.05) is 18.2 Å². The zero-order valence-corrected chi connectivity index (χ0v) is 12.6. The lowest BCUT2D eigenvalue weighted by Gasteiger charge is -2.21. The molecule has 0 aliphatic carbocycles. The van der Waals surface area contributed by atoms with Crippen molar-refractivity contribution in [3.8, 4) is 0 Å². The fraction of sp³-hybridized carbons (Fsp3) is 0.500. The van der Waals surface area contributed by atoms with E-state index in [1.54, 1.807) is 11.8 Å². The highest BCUT2D eigenvalue weighted by Gasteiger charge is 2.19. The van der Waals surface area contributed by atoms with Gasteiger partial charge in [0, 0.05) is 23.7 Å². The summed E-state index contributed by atoms with van der Waals surface area (Å²) < 4.78 is 0. The maximum absolute atomic E-state index is 11.8. The van der Waals surface area contributed by atoms with Crippen molar-refractivity contribution < 1.29 is 4.79 Å². The van der Waals surface area contributed by atoms with Crippen molar-refractivity contribution in [3.63, 3.8) is 0 Å². The number of rotatable bonds is 5. The number of piperidine rings is 1. The van der Waals surface area contributed by atoms with Crippen molar-refractivity contribution in [3.05, 3.63) is 30.3 Å². The largest absolute Gasteiger partial charge is 0.355 e. The van der Waals surface area contributed by atoms with Crippen LogP contribution in [-0.2, 0) is 4.79 Å². The molecule has 1 atom stereocenters. The summed E-state index contributed by atoms with van der Waals surface area (Å²) in [5.41, 5.74) is 0. The highest BCUT2D eigenvalue weighted by atomic mass is 35.5. The lowest BCUT2D eigenvalue weighted by Crippen LogP contribution is -2.41. The van der Waals surface area contributed by atoms with E-state index >= 15 is 0 Å². The zero-order chi connectivity index (χ0) is 12.6. The first kappa shape index (κ1) is 16.3. The number of carbonyl (C=O) groups excluding carboxylic acids is 1. The molecule has 0 aromatic heterocycles. The van der Waals surface area contributed by atoms with Gasteiger partial charge in [0.1, 0.15) is 0 Å². The SMILES string of the molecule is Cl.O=C(NCCSc1ccccc1)[C@@H]1CCCNC1. The van der Waals surface area contributed by atoms with E-state index in [1.807, 2.05) is 18.2 Å². The molecule has 1 fully saturated rings. The second-order valence-corrected chi connectivity index (χ2v) is 5.66. The van der Waals surface area contributed by atoms with Crippen LogP contribution < -0.4 is 10.6 Å². The van der Waals surface area contributed by atoms with Gasteiger partial charge in [0.2, 0.25) is 5.91 Å². The Kier molecular flexibility index (Phi) is 7.94. The van der Waals surface area contributed by atoms with Gasteiger partial charge in [-0.2, -0.15) is 0 Å². The molecule has 0 spiro atoms. The number of hydrogen-bond acceptors (Lipinski definition) is 3. The predicted octanol–water partition coefficient (Wildman–Crippen LogP) is 2.32. The van der Waals surface area contributed by atoms with E-state index in [1.165, 1.54) is 4.90 Å². The van der Waals surface area contributed by atoms with Crippen molar-refractivity contribution in [2.45, 2.75) is 17.7 Å². The van der Waals surface area contributed by atoms with Crippen molar-refractivity contribution in [1.82, 2.24) is 10.6 Å². The Hall–Kier alpha value is -0.710. The first-order valence-corrected chi connectivity index (χ1v) is 7.51. The number of halogens is 1. The minimum absolute atomic E-state index is 0. The van der Waals surface area contributed by atoms with Crippen molar-refractivity contribution in [1.29, 1.82) is 0 Å². The van der Waals surface area contributed by atoms with Crippen LogP contribution in [0.4, 0.5) is 0 Å². The van der Waals surface area contributed by atoms with Crippen molar-refractivity contribution >= 4 is 30.1 Å². The molecule has 1 aliphatic rings. The molecular weight excluding hydrogens is 280 g/mol. The highest BCUT2D eigenvalue weighted by molar-refractivity contribution is 7.99. The number of benzene rings is 1. The molecule has 1 aromatic carbocycles. The molecule has 0 unspecified atom stereocenters. The highest BCUT2D eigenvalue weighted by Crippen LogP contribution is 2.16. The Labute approximate surface area is 125 Å². The summed E-state index contributed by atoms with van der Waals surface area (Å²) in [6.45, 7) is 2.63. The van der Waals surface area contributed by atoms with Crippen molar-refractivity contribution in [2.75, 3.05) is 25.4 Å². The van der Waals surface area contributed by atoms with E-state index < -0.39 is 0 Å². The third-order valence-corrected chi connectivity index (χ3v) is 4.09. The van der Waals surface area contributed by atoms with Gasteiger partial charge < -0.3 is 10.6 Å². The molecule has 1 amide bonds. The van der Waals surface area contributed by atoms with Gasteiger partial charge in [0.15, 0.2) is 0 Å². The molecule has 2 rings (SSSR count). The van der Waals surface area contributed by atoms with Gasteiger partial charge in [0.05, 0.1) is 5.92 Å². The van der Waals surface area contributed by atoms with Crippen LogP contribution in [0.2, 0.25) is 0 Å². The Morgan fingerprint density at radius 2 is 2.16 bits per heavy atom. The summed E-state index contributed by atoms with van der Waals surface area (Å²) in [6.07, 6.45) is 2.13. The summed E-state index contributed by atoms with van der Waals surface area (Å²) in [5.74, 6) is 1.30. The van der Waals surface area contributed by atoms with E-state index in [4.69, 9.17) is 0 Å². The van der Waals surface area contributed by atoms with E-state index in [2.05, 4.69) is 22.8 Å². The molecule has 0 radical (unpaired) electrons. The number of amides is 1. The standard InChI is InChI=1S/C14H20N2OS.ClH/c17-14(12-5-4-8-15-11-12)16-9-10-18-13-6-2-1-3-7-13;/h1-3,6-7,12,15H,4-5,8-11H2,(H,16,17);1H/t12-;/m1./s1. The fourth-order valence-electron chi connectivity index (χ4n) is 2.08. The smallest absolute Gasteiger partial charge is 0.224 e. The van der Waals surface area contributed by atoms with Gasteiger partial charge in [-0.3, -0.25) is 4.79 Å². The predicted molar refractivity (Wildman–Crippen MR) is 83.0 cm³/mol. The molecule has 3 nitrogen and oxygen atoms in total. The Bertz CT molecular complexity index is 369. The summed E-state index contributed by atoms with van der Waals surface area (Å²) in [7, 11) is 0. The molecule has 5 heteroatoms. The van der Waals surface area contributed by atoms with Crippen LogP contribution in [0.1, 0.15) is 12.8 Å². The van der Waals surface area contributed by atoms with Crippen LogP contribution in [0.15, 0.2) is 35.2 Å². The third-order valence-electron chi connectivity index (χ3n) is 3.08. The number of nitrogens with one attached hydrogen (secondary N) is 2. The monoisotopic (exact) mass is 300 g/mol. The quantitative estimate of drug-likeness (QED) is 0.648. The molecule has 0 bridgehead atoms. The summed E-state index contributed by atoms with van der Waals surface area (Å²) in [6, 6.07) is 10.3. The van der Waals surface area contributed by atoms with Crippen LogP contribution in [0.5, 0.6) is 0 Å². The Morgan fingerprint density at radius 1 is 1.37 bits per heavy atom. The molecule has 1 aliphatic heterocycles. The van der Waals surface area contributed by atoms with Gasteiger partial charge >= 0.3 is 0 Å². The number of hydrogen-bond donors (Lipinski definition) is 2. The second-order valence-electron chi connectivity index (χ2n) is 4.50. The van der Waals surface area contributed by atoms with Gasteiger partial charge in [-0.05, 0) is 31.5 Å². The Morgan fingerprint density at radius 3 is 2.84 bits per heavy atom. The van der Waals surface area contributed by atoms with E-state index in [-0.39, 0.29) is 24.2 Å². The molecule has 1 aromatic rings. The molecule has 1 saturated heterocycles. The minimum atomic E-state index is 0. The lowest BCUT2D eigenvalue weighted by atomic mass is 9.99. The maximum atomic E-state index is 11.8. The second kappa shape index (κ2) is 9.23. The average Bonchev–Trinajstić information content (AvgIpc) is 2.45. The minimum Gasteiger partial charge on any atom is -0.355 e. The third kappa shape index (κ3) is 5.85. The average molecular weight is 301 g/mol. The fourth-order valence-corrected chi connectivity index (χ4v) is 2.87. The van der Waals surface area contributed by atoms with Crippen LogP contribution in [-0.4, -0.2) is 31.3 Å². The molecule has 106 valence electrons. The summed E-state index contributed by atoms with van der Waals surface area (Å²) >= 11 is 1.78. The summed E-state index contributed by atoms with van der Waals surface area (Å²) in [5, 5.41) is 6.29. The first-order valence-electron chi connectivity index (χ1n) is 6.52. The first-order chi connectivity index (χ1) is 8.86. The van der Waals surface area contributed by atoms with Gasteiger partial charge in [-0.25, -0.2) is 0 Å². The van der Waals surface area contributed by atoms with E-state index in [0.29, 0.717) is 0 Å². The van der Waals surface area contributed by atoms with Crippen molar-refractivity contribution in [2.24, 2.45) is 5.92 Å². The van der Waals surface area contributed by atoms with E-state index in [9.17, 15) is 4.79 Å². The Balaban J connectivity index is 0.00000180. The molecule has 0 saturated carbocycles. The zero-order valence-electron chi connectivity index (χ0n) is 10.9. The molecular formula is C14H21ClN2OS. The van der Waals surface area contributed by atoms with Crippen LogP contribution in [0.3, 0.4) is 0 Å². The lowest BCUT2D eigenvalue weighted by molar-refractivity contribution is -0.125. The van der Waals surface area contributed by atoms with Gasteiger partial charge in [-0.15, -0.1) is 24.2 Å².